The largest absolute Gasteiger partial charge is 0.480 e. The monoisotopic (exact) mass is 294 g/mol. The average molecular weight is 294 g/mol. The molecule has 3 atom stereocenters. The van der Waals surface area contributed by atoms with Gasteiger partial charge in [0.15, 0.2) is 0 Å². The van der Waals surface area contributed by atoms with Crippen molar-refractivity contribution in [2.24, 2.45) is 17.3 Å². The zero-order chi connectivity index (χ0) is 15.2. The molecule has 3 aliphatic rings. The fraction of sp³-hybridized carbons (Fsp3) is 0.875. The number of carbonyl (C=O) groups excluding carboxylic acids is 1. The van der Waals surface area contributed by atoms with Crippen LogP contribution in [0.2, 0.25) is 0 Å². The molecule has 5 heteroatoms. The second-order valence-corrected chi connectivity index (χ2v) is 7.76. The van der Waals surface area contributed by atoms with E-state index in [-0.39, 0.29) is 17.4 Å². The SMILES string of the molecule is CC1(C)CCCN(C(=O)N2CC3CCCC3C2C(=O)O)C1. The highest BCUT2D eigenvalue weighted by molar-refractivity contribution is 5.84. The Hall–Kier alpha value is -1.26. The minimum absolute atomic E-state index is 0.0513. The van der Waals surface area contributed by atoms with Gasteiger partial charge in [0.2, 0.25) is 0 Å². The van der Waals surface area contributed by atoms with Crippen molar-refractivity contribution in [1.29, 1.82) is 0 Å². The van der Waals surface area contributed by atoms with E-state index in [0.717, 1.165) is 45.2 Å². The summed E-state index contributed by atoms with van der Waals surface area (Å²) >= 11 is 0. The fourth-order valence-electron chi connectivity index (χ4n) is 4.59. The van der Waals surface area contributed by atoms with E-state index in [0.29, 0.717) is 12.5 Å². The highest BCUT2D eigenvalue weighted by atomic mass is 16.4. The van der Waals surface area contributed by atoms with E-state index < -0.39 is 12.0 Å². The lowest BCUT2D eigenvalue weighted by Crippen LogP contribution is -2.53. The third kappa shape index (κ3) is 2.62. The first-order valence-corrected chi connectivity index (χ1v) is 8.17. The minimum atomic E-state index is -0.825. The Labute approximate surface area is 126 Å². The number of rotatable bonds is 1. The maximum Gasteiger partial charge on any atom is 0.326 e. The normalized spacial score (nSPS) is 34.9. The van der Waals surface area contributed by atoms with Crippen LogP contribution >= 0.6 is 0 Å². The number of aliphatic carboxylic acids is 1. The van der Waals surface area contributed by atoms with E-state index in [1.807, 2.05) is 4.90 Å². The molecule has 118 valence electrons. The fourth-order valence-corrected chi connectivity index (χ4v) is 4.59. The van der Waals surface area contributed by atoms with E-state index in [9.17, 15) is 14.7 Å². The maximum atomic E-state index is 12.8. The predicted octanol–water partition coefficient (Wildman–Crippen LogP) is 2.41. The summed E-state index contributed by atoms with van der Waals surface area (Å²) in [5.74, 6) is -0.258. The van der Waals surface area contributed by atoms with Crippen molar-refractivity contribution in [2.45, 2.75) is 52.0 Å². The molecule has 21 heavy (non-hydrogen) atoms. The lowest BCUT2D eigenvalue weighted by Gasteiger charge is -2.40. The quantitative estimate of drug-likeness (QED) is 0.808. The maximum absolute atomic E-state index is 12.8. The molecule has 1 N–H and O–H groups in total. The highest BCUT2D eigenvalue weighted by Crippen LogP contribution is 2.43. The minimum Gasteiger partial charge on any atom is -0.480 e. The van der Waals surface area contributed by atoms with Crippen LogP contribution in [0.25, 0.3) is 0 Å². The van der Waals surface area contributed by atoms with E-state index in [2.05, 4.69) is 13.8 Å². The van der Waals surface area contributed by atoms with Gasteiger partial charge in [-0.15, -0.1) is 0 Å². The van der Waals surface area contributed by atoms with E-state index >= 15 is 0 Å². The molecule has 2 amide bonds. The molecule has 0 aromatic rings. The van der Waals surface area contributed by atoms with Gasteiger partial charge in [0.05, 0.1) is 0 Å². The van der Waals surface area contributed by atoms with Crippen molar-refractivity contribution in [3.05, 3.63) is 0 Å². The average Bonchev–Trinajstić information content (AvgIpc) is 2.95. The molecule has 0 radical (unpaired) electrons. The molecule has 0 bridgehead atoms. The van der Waals surface area contributed by atoms with E-state index in [4.69, 9.17) is 0 Å². The number of likely N-dealkylation sites (tertiary alicyclic amines) is 2. The van der Waals surface area contributed by atoms with E-state index in [1.165, 1.54) is 0 Å². The molecule has 2 saturated heterocycles. The van der Waals surface area contributed by atoms with Gasteiger partial charge in [-0.05, 0) is 42.9 Å². The van der Waals surface area contributed by atoms with Gasteiger partial charge in [-0.2, -0.15) is 0 Å². The molecule has 0 spiro atoms. The number of piperidine rings is 1. The molecular formula is C16H26N2O3. The van der Waals surface area contributed by atoms with Crippen LogP contribution in [0.3, 0.4) is 0 Å². The Morgan fingerprint density at radius 3 is 2.62 bits per heavy atom. The number of nitrogens with zero attached hydrogens (tertiary/aromatic N) is 2. The van der Waals surface area contributed by atoms with Crippen molar-refractivity contribution < 1.29 is 14.7 Å². The number of carboxylic acids is 1. The number of urea groups is 1. The van der Waals surface area contributed by atoms with Crippen LogP contribution in [0.4, 0.5) is 4.79 Å². The van der Waals surface area contributed by atoms with Gasteiger partial charge in [-0.1, -0.05) is 20.3 Å². The summed E-state index contributed by atoms with van der Waals surface area (Å²) in [4.78, 5) is 28.0. The van der Waals surface area contributed by atoms with Crippen LogP contribution in [0.5, 0.6) is 0 Å². The zero-order valence-corrected chi connectivity index (χ0v) is 13.0. The Kier molecular flexibility index (Phi) is 3.62. The molecule has 0 aromatic carbocycles. The van der Waals surface area contributed by atoms with Gasteiger partial charge in [0, 0.05) is 19.6 Å². The lowest BCUT2D eigenvalue weighted by atomic mass is 9.84. The number of fused-ring (bicyclic) bond motifs is 1. The van der Waals surface area contributed by atoms with Crippen LogP contribution in [0.15, 0.2) is 0 Å². The molecule has 3 unspecified atom stereocenters. The Balaban J connectivity index is 1.76. The smallest absolute Gasteiger partial charge is 0.326 e. The standard InChI is InChI=1S/C16H26N2O3/c1-16(2)7-4-8-17(10-16)15(21)18-9-11-5-3-6-12(11)13(18)14(19)20/h11-13H,3-10H2,1-2H3,(H,19,20). The van der Waals surface area contributed by atoms with Gasteiger partial charge >= 0.3 is 12.0 Å². The molecule has 0 aromatic heterocycles. The molecule has 3 fully saturated rings. The highest BCUT2D eigenvalue weighted by Gasteiger charge is 2.50. The molecule has 1 aliphatic carbocycles. The van der Waals surface area contributed by atoms with Crippen LogP contribution in [-0.2, 0) is 4.79 Å². The second-order valence-electron chi connectivity index (χ2n) is 7.76. The van der Waals surface area contributed by atoms with Crippen molar-refractivity contribution in [2.75, 3.05) is 19.6 Å². The van der Waals surface area contributed by atoms with Gasteiger partial charge in [-0.25, -0.2) is 9.59 Å². The number of carboxylic acid groups (broad SMARTS) is 1. The van der Waals surface area contributed by atoms with E-state index in [1.54, 1.807) is 4.90 Å². The van der Waals surface area contributed by atoms with Gasteiger partial charge in [0.1, 0.15) is 6.04 Å². The Bertz CT molecular complexity index is 449. The number of hydrogen-bond donors (Lipinski definition) is 1. The lowest BCUT2D eigenvalue weighted by molar-refractivity contribution is -0.142. The van der Waals surface area contributed by atoms with Gasteiger partial charge in [-0.3, -0.25) is 0 Å². The van der Waals surface area contributed by atoms with Gasteiger partial charge in [0.25, 0.3) is 0 Å². The number of hydrogen-bond acceptors (Lipinski definition) is 2. The molecule has 5 nitrogen and oxygen atoms in total. The summed E-state index contributed by atoms with van der Waals surface area (Å²) < 4.78 is 0. The summed E-state index contributed by atoms with van der Waals surface area (Å²) in [6.07, 6.45) is 5.28. The van der Waals surface area contributed by atoms with Crippen molar-refractivity contribution in [3.63, 3.8) is 0 Å². The van der Waals surface area contributed by atoms with Crippen LogP contribution in [0, 0.1) is 17.3 Å². The van der Waals surface area contributed by atoms with Crippen molar-refractivity contribution in [3.8, 4) is 0 Å². The number of carbonyl (C=O) groups is 2. The third-order valence-electron chi connectivity index (χ3n) is 5.56. The number of amides is 2. The summed E-state index contributed by atoms with van der Waals surface area (Å²) in [5.41, 5.74) is 0.141. The van der Waals surface area contributed by atoms with Crippen molar-refractivity contribution in [1.82, 2.24) is 9.80 Å². The molecule has 2 heterocycles. The van der Waals surface area contributed by atoms with Crippen LogP contribution in [0.1, 0.15) is 46.0 Å². The molecule has 1 saturated carbocycles. The molecule has 2 aliphatic heterocycles. The van der Waals surface area contributed by atoms with Crippen LogP contribution < -0.4 is 0 Å². The molecular weight excluding hydrogens is 268 g/mol. The van der Waals surface area contributed by atoms with Crippen molar-refractivity contribution >= 4 is 12.0 Å². The summed E-state index contributed by atoms with van der Waals surface area (Å²) in [6, 6.07) is -0.653. The van der Waals surface area contributed by atoms with Gasteiger partial charge < -0.3 is 14.9 Å². The third-order valence-corrected chi connectivity index (χ3v) is 5.56. The predicted molar refractivity (Wildman–Crippen MR) is 78.9 cm³/mol. The Morgan fingerprint density at radius 1 is 1.19 bits per heavy atom. The zero-order valence-electron chi connectivity index (χ0n) is 13.0. The topological polar surface area (TPSA) is 60.9 Å². The first-order valence-electron chi connectivity index (χ1n) is 8.17. The first kappa shape index (κ1) is 14.7. The molecule has 3 rings (SSSR count). The second kappa shape index (κ2) is 5.18. The summed E-state index contributed by atoms with van der Waals surface area (Å²) in [7, 11) is 0. The summed E-state index contributed by atoms with van der Waals surface area (Å²) in [5, 5.41) is 9.57. The summed E-state index contributed by atoms with van der Waals surface area (Å²) in [6.45, 7) is 6.50. The van der Waals surface area contributed by atoms with Crippen LogP contribution in [-0.4, -0.2) is 52.6 Å². The Morgan fingerprint density at radius 2 is 1.95 bits per heavy atom. The first-order chi connectivity index (χ1) is 9.89.